The van der Waals surface area contributed by atoms with Crippen LogP contribution in [0.5, 0.6) is 5.75 Å². The second kappa shape index (κ2) is 6.99. The Bertz CT molecular complexity index is 950. The number of piperidine rings is 3. The number of hydrogen-bond acceptors (Lipinski definition) is 4. The number of hydrogen-bond donors (Lipinski definition) is 2. The molecular weight excluding hydrogens is 362 g/mol. The van der Waals surface area contributed by atoms with Crippen molar-refractivity contribution in [3.8, 4) is 5.75 Å². The number of pyridine rings is 1. The molecule has 29 heavy (non-hydrogen) atoms. The summed E-state index contributed by atoms with van der Waals surface area (Å²) in [4.78, 5) is 19.9. The minimum Gasteiger partial charge on any atom is -0.508 e. The summed E-state index contributed by atoms with van der Waals surface area (Å²) in [6, 6.07) is 9.78. The number of nitrogens with zero attached hydrogens (tertiary/aromatic N) is 2. The Kier molecular flexibility index (Phi) is 4.43. The van der Waals surface area contributed by atoms with E-state index in [0.717, 1.165) is 43.5 Å². The van der Waals surface area contributed by atoms with E-state index in [2.05, 4.69) is 16.0 Å². The molecule has 5 heteroatoms. The summed E-state index contributed by atoms with van der Waals surface area (Å²) >= 11 is 0. The third-order valence-corrected chi connectivity index (χ3v) is 7.36. The normalized spacial score (nSPS) is 32.7. The number of benzene rings is 1. The van der Waals surface area contributed by atoms with E-state index in [1.54, 1.807) is 18.3 Å². The topological polar surface area (TPSA) is 79.5 Å². The Hall–Kier alpha value is -2.66. The van der Waals surface area contributed by atoms with Gasteiger partial charge >= 0.3 is 0 Å². The van der Waals surface area contributed by atoms with Gasteiger partial charge in [0.2, 0.25) is 5.91 Å². The number of phenolic OH excluding ortho intramolecular Hbond substituents is 1. The van der Waals surface area contributed by atoms with E-state index in [1.165, 1.54) is 5.56 Å². The van der Waals surface area contributed by atoms with E-state index in [0.29, 0.717) is 12.3 Å². The molecule has 2 bridgehead atoms. The predicted octanol–water partition coefficient (Wildman–Crippen LogP) is 2.78. The van der Waals surface area contributed by atoms with E-state index < -0.39 is 5.41 Å². The maximum Gasteiger partial charge on any atom is 0.228 e. The zero-order chi connectivity index (χ0) is 20.0. The molecule has 150 valence electrons. The first-order valence-corrected chi connectivity index (χ1v) is 10.5. The fourth-order valence-corrected chi connectivity index (χ4v) is 6.01. The molecule has 2 aromatic rings. The summed E-state index contributed by atoms with van der Waals surface area (Å²) in [6.07, 6.45) is 11.5. The maximum absolute atomic E-state index is 13.0. The van der Waals surface area contributed by atoms with Crippen molar-refractivity contribution in [2.45, 2.75) is 31.7 Å². The third kappa shape index (κ3) is 3.04. The van der Waals surface area contributed by atoms with Crippen LogP contribution in [0.2, 0.25) is 0 Å². The first-order chi connectivity index (χ1) is 14.1. The molecule has 1 aromatic heterocycles. The van der Waals surface area contributed by atoms with Crippen molar-refractivity contribution < 1.29 is 9.90 Å². The van der Waals surface area contributed by atoms with Gasteiger partial charge in [-0.25, -0.2) is 0 Å². The molecule has 0 radical (unpaired) electrons. The van der Waals surface area contributed by atoms with Crippen LogP contribution in [0.15, 0.2) is 48.8 Å². The van der Waals surface area contributed by atoms with Gasteiger partial charge in [-0.15, -0.1) is 0 Å². The molecule has 3 saturated heterocycles. The molecule has 5 nitrogen and oxygen atoms in total. The van der Waals surface area contributed by atoms with E-state index in [4.69, 9.17) is 5.73 Å². The fraction of sp³-hybridized carbons (Fsp3) is 0.417. The predicted molar refractivity (Wildman–Crippen MR) is 112 cm³/mol. The third-order valence-electron chi connectivity index (χ3n) is 7.36. The SMILES string of the molecule is NC(=O)C1(C2C3CCN(CC3)C2Cc2cccnc2)C=Cc2cc(O)ccc2C1. The van der Waals surface area contributed by atoms with Crippen molar-refractivity contribution in [2.24, 2.45) is 23.0 Å². The average molecular weight is 389 g/mol. The Balaban J connectivity index is 1.56. The standard InChI is InChI=1S/C24H27N3O2/c25-23(29)24(8-5-18-13-20(28)4-3-19(18)14-24)22-17-6-10-27(11-7-17)21(22)12-16-2-1-9-26-15-16/h1-5,8-9,13,15,17,21-22,28H,6-7,10-12,14H2,(H2,25,29). The molecule has 6 rings (SSSR count). The Morgan fingerprint density at radius 1 is 1.28 bits per heavy atom. The molecule has 3 unspecified atom stereocenters. The molecule has 4 heterocycles. The molecule has 1 aromatic carbocycles. The number of rotatable bonds is 4. The summed E-state index contributed by atoms with van der Waals surface area (Å²) in [6.45, 7) is 2.18. The number of nitrogens with two attached hydrogens (primary N) is 1. The van der Waals surface area contributed by atoms with Gasteiger partial charge in [0.05, 0.1) is 5.41 Å². The molecule has 1 aliphatic carbocycles. The first kappa shape index (κ1) is 18.4. The number of aromatic nitrogens is 1. The number of carbonyl (C=O) groups is 1. The largest absolute Gasteiger partial charge is 0.508 e. The lowest BCUT2D eigenvalue weighted by Crippen LogP contribution is -2.63. The van der Waals surface area contributed by atoms with Crippen molar-refractivity contribution in [2.75, 3.05) is 13.1 Å². The highest BCUT2D eigenvalue weighted by molar-refractivity contribution is 5.86. The van der Waals surface area contributed by atoms with Crippen LogP contribution in [0, 0.1) is 17.3 Å². The highest BCUT2D eigenvalue weighted by Gasteiger charge is 2.55. The van der Waals surface area contributed by atoms with Crippen LogP contribution in [0.4, 0.5) is 0 Å². The zero-order valence-corrected chi connectivity index (χ0v) is 16.5. The second-order valence-corrected chi connectivity index (χ2v) is 8.83. The van der Waals surface area contributed by atoms with Crippen LogP contribution in [-0.4, -0.2) is 40.0 Å². The quantitative estimate of drug-likeness (QED) is 0.843. The van der Waals surface area contributed by atoms with Gasteiger partial charge in [-0.1, -0.05) is 24.3 Å². The zero-order valence-electron chi connectivity index (χ0n) is 16.5. The number of phenols is 1. The number of aromatic hydroxyl groups is 1. The van der Waals surface area contributed by atoms with Crippen LogP contribution in [-0.2, 0) is 17.6 Å². The average Bonchev–Trinajstić information content (AvgIpc) is 2.75. The fourth-order valence-electron chi connectivity index (χ4n) is 6.01. The van der Waals surface area contributed by atoms with Gasteiger partial charge in [-0.3, -0.25) is 14.7 Å². The lowest BCUT2D eigenvalue weighted by molar-refractivity contribution is -0.137. The molecular formula is C24H27N3O2. The van der Waals surface area contributed by atoms with Crippen molar-refractivity contribution in [3.63, 3.8) is 0 Å². The van der Waals surface area contributed by atoms with Crippen LogP contribution in [0.1, 0.15) is 29.5 Å². The first-order valence-electron chi connectivity index (χ1n) is 10.5. The minimum absolute atomic E-state index is 0.181. The summed E-state index contributed by atoms with van der Waals surface area (Å²) in [5, 5.41) is 9.83. The molecule has 0 spiro atoms. The van der Waals surface area contributed by atoms with Gasteiger partial charge in [0, 0.05) is 18.4 Å². The molecule has 3 N–H and O–H groups in total. The Morgan fingerprint density at radius 3 is 2.83 bits per heavy atom. The Morgan fingerprint density at radius 2 is 2.10 bits per heavy atom. The summed E-state index contributed by atoms with van der Waals surface area (Å²) in [5.41, 5.74) is 8.71. The smallest absolute Gasteiger partial charge is 0.228 e. The van der Waals surface area contributed by atoms with Gasteiger partial charge in [0.1, 0.15) is 5.75 Å². The van der Waals surface area contributed by atoms with Gasteiger partial charge in [-0.05, 0) is 85.5 Å². The van der Waals surface area contributed by atoms with E-state index in [1.807, 2.05) is 30.5 Å². The minimum atomic E-state index is -0.694. The second-order valence-electron chi connectivity index (χ2n) is 8.83. The highest BCUT2D eigenvalue weighted by Crippen LogP contribution is 2.51. The number of carbonyl (C=O) groups excluding carboxylic acids is 1. The summed E-state index contributed by atoms with van der Waals surface area (Å²) in [7, 11) is 0. The lowest BCUT2D eigenvalue weighted by Gasteiger charge is -2.57. The molecule has 3 aliphatic heterocycles. The van der Waals surface area contributed by atoms with Gasteiger partial charge in [0.15, 0.2) is 0 Å². The molecule has 4 aliphatic rings. The van der Waals surface area contributed by atoms with E-state index in [9.17, 15) is 9.90 Å². The van der Waals surface area contributed by atoms with Crippen molar-refractivity contribution >= 4 is 12.0 Å². The summed E-state index contributed by atoms with van der Waals surface area (Å²) in [5.74, 6) is 0.693. The van der Waals surface area contributed by atoms with Crippen LogP contribution < -0.4 is 5.73 Å². The number of fused-ring (bicyclic) bond motifs is 4. The van der Waals surface area contributed by atoms with E-state index >= 15 is 0 Å². The van der Waals surface area contributed by atoms with Crippen LogP contribution in [0.25, 0.3) is 6.08 Å². The van der Waals surface area contributed by atoms with Crippen molar-refractivity contribution in [1.82, 2.24) is 9.88 Å². The van der Waals surface area contributed by atoms with Gasteiger partial charge < -0.3 is 10.8 Å². The van der Waals surface area contributed by atoms with E-state index in [-0.39, 0.29) is 23.6 Å². The Labute approximate surface area is 171 Å². The molecule has 3 atom stereocenters. The monoisotopic (exact) mass is 389 g/mol. The highest BCUT2D eigenvalue weighted by atomic mass is 16.3. The number of amides is 1. The number of primary amides is 1. The lowest BCUT2D eigenvalue weighted by atomic mass is 9.56. The van der Waals surface area contributed by atoms with Crippen LogP contribution in [0.3, 0.4) is 0 Å². The van der Waals surface area contributed by atoms with Gasteiger partial charge in [0.25, 0.3) is 0 Å². The molecule has 0 saturated carbocycles. The molecule has 1 amide bonds. The van der Waals surface area contributed by atoms with Crippen molar-refractivity contribution in [1.29, 1.82) is 0 Å². The summed E-state index contributed by atoms with van der Waals surface area (Å²) < 4.78 is 0. The maximum atomic E-state index is 13.0. The van der Waals surface area contributed by atoms with Crippen molar-refractivity contribution in [3.05, 3.63) is 65.5 Å². The van der Waals surface area contributed by atoms with Gasteiger partial charge in [-0.2, -0.15) is 0 Å². The van der Waals surface area contributed by atoms with Crippen LogP contribution >= 0.6 is 0 Å². The molecule has 3 fully saturated rings.